The van der Waals surface area contributed by atoms with Gasteiger partial charge in [0.2, 0.25) is 0 Å². The molecule has 0 rings (SSSR count). The van der Waals surface area contributed by atoms with Crippen molar-refractivity contribution in [1.29, 1.82) is 0 Å². The van der Waals surface area contributed by atoms with Gasteiger partial charge in [0.15, 0.2) is 0 Å². The molecule has 0 aromatic rings. The topological polar surface area (TPSA) is 12.4 Å². The number of hydrogen-bond acceptors (Lipinski definition) is 1. The second-order valence-electron chi connectivity index (χ2n) is 1.59. The highest BCUT2D eigenvalue weighted by atomic mass is 14.7. The molecule has 0 radical (unpaired) electrons. The summed E-state index contributed by atoms with van der Waals surface area (Å²) in [5.41, 5.74) is 1.84. The van der Waals surface area contributed by atoms with Crippen LogP contribution in [0.2, 0.25) is 0 Å². The Hall–Kier alpha value is -1.11. The van der Waals surface area contributed by atoms with Crippen LogP contribution in [0.4, 0.5) is 0 Å². The Morgan fingerprint density at radius 3 is 1.36 bits per heavy atom. The van der Waals surface area contributed by atoms with E-state index in [9.17, 15) is 0 Å². The quantitative estimate of drug-likeness (QED) is 0.450. The zero-order valence-corrected chi connectivity index (χ0v) is 10.9. The lowest BCUT2D eigenvalue weighted by atomic mass is 10.2. The molecule has 0 saturated heterocycles. The molecule has 0 spiro atoms. The van der Waals surface area contributed by atoms with Crippen LogP contribution in [0.3, 0.4) is 0 Å². The van der Waals surface area contributed by atoms with E-state index in [-0.39, 0.29) is 0 Å². The first-order valence-electron chi connectivity index (χ1n) is 4.97. The standard InChI is InChI=1S/C7H11N.2C2H6.C2H4/c1-5-7(8-4)6(2)3;3*1-2/h5H,1-2H2,3-4H3;2*1-2H3;1-2H2. The lowest BCUT2D eigenvalue weighted by Gasteiger charge is -1.92. The molecule has 0 bridgehead atoms. The summed E-state index contributed by atoms with van der Waals surface area (Å²) in [6.45, 7) is 23.2. The summed E-state index contributed by atoms with van der Waals surface area (Å²) in [7, 11) is 1.73. The van der Waals surface area contributed by atoms with Crippen molar-refractivity contribution in [2.45, 2.75) is 34.6 Å². The molecule has 0 unspecified atom stereocenters. The van der Waals surface area contributed by atoms with Gasteiger partial charge in [0.25, 0.3) is 0 Å². The monoisotopic (exact) mass is 197 g/mol. The lowest BCUT2D eigenvalue weighted by Crippen LogP contribution is -1.91. The van der Waals surface area contributed by atoms with Gasteiger partial charge in [-0.25, -0.2) is 0 Å². The number of allylic oxidation sites excluding steroid dienone is 2. The van der Waals surface area contributed by atoms with Gasteiger partial charge in [-0.2, -0.15) is 0 Å². The summed E-state index contributed by atoms with van der Waals surface area (Å²) in [5, 5.41) is 0. The molecule has 0 atom stereocenters. The van der Waals surface area contributed by atoms with Crippen LogP contribution in [0.15, 0.2) is 43.0 Å². The molecule has 0 aliphatic heterocycles. The normalized spacial score (nSPS) is 7.43. The lowest BCUT2D eigenvalue weighted by molar-refractivity contribution is 1.42. The fourth-order valence-electron chi connectivity index (χ4n) is 0.456. The van der Waals surface area contributed by atoms with E-state index in [1.165, 1.54) is 0 Å². The van der Waals surface area contributed by atoms with Crippen molar-refractivity contribution in [3.05, 3.63) is 38.0 Å². The molecule has 0 aliphatic carbocycles. The smallest absolute Gasteiger partial charge is 0.0588 e. The Morgan fingerprint density at radius 1 is 1.07 bits per heavy atom. The van der Waals surface area contributed by atoms with Crippen molar-refractivity contribution in [3.8, 4) is 0 Å². The summed E-state index contributed by atoms with van der Waals surface area (Å²) in [5.74, 6) is 0. The maximum absolute atomic E-state index is 3.91. The van der Waals surface area contributed by atoms with Gasteiger partial charge in [0.1, 0.15) is 0 Å². The number of rotatable bonds is 2. The highest BCUT2D eigenvalue weighted by molar-refractivity contribution is 6.07. The fraction of sp³-hybridized carbons (Fsp3) is 0.462. The maximum Gasteiger partial charge on any atom is 0.0588 e. The molecule has 0 N–H and O–H groups in total. The van der Waals surface area contributed by atoms with E-state index in [4.69, 9.17) is 0 Å². The third kappa shape index (κ3) is 22.4. The fourth-order valence-corrected chi connectivity index (χ4v) is 0.456. The zero-order valence-electron chi connectivity index (χ0n) is 10.9. The van der Waals surface area contributed by atoms with Gasteiger partial charge in [-0.3, -0.25) is 4.99 Å². The van der Waals surface area contributed by atoms with Gasteiger partial charge in [-0.15, -0.1) is 13.2 Å². The van der Waals surface area contributed by atoms with E-state index < -0.39 is 0 Å². The summed E-state index contributed by atoms with van der Waals surface area (Å²) < 4.78 is 0. The van der Waals surface area contributed by atoms with Crippen molar-refractivity contribution in [2.75, 3.05) is 7.05 Å². The maximum atomic E-state index is 3.91. The highest BCUT2D eigenvalue weighted by Gasteiger charge is 1.87. The average Bonchev–Trinajstić information content (AvgIpc) is 2.28. The average molecular weight is 197 g/mol. The number of nitrogens with zero attached hydrogens (tertiary/aromatic N) is 1. The summed E-state index contributed by atoms with van der Waals surface area (Å²) in [4.78, 5) is 3.91. The van der Waals surface area contributed by atoms with Crippen molar-refractivity contribution in [3.63, 3.8) is 0 Å². The van der Waals surface area contributed by atoms with E-state index in [2.05, 4.69) is 31.3 Å². The van der Waals surface area contributed by atoms with Gasteiger partial charge >= 0.3 is 0 Å². The summed E-state index contributed by atoms with van der Waals surface area (Å²) in [6, 6.07) is 0. The predicted octanol–water partition coefficient (Wildman–Crippen LogP) is 4.67. The molecular weight excluding hydrogens is 170 g/mol. The van der Waals surface area contributed by atoms with Crippen molar-refractivity contribution < 1.29 is 0 Å². The van der Waals surface area contributed by atoms with Gasteiger partial charge in [0.05, 0.1) is 5.71 Å². The minimum atomic E-state index is 0.880. The largest absolute Gasteiger partial charge is 0.288 e. The Morgan fingerprint density at radius 2 is 1.36 bits per heavy atom. The van der Waals surface area contributed by atoms with Gasteiger partial charge in [0, 0.05) is 7.05 Å². The first kappa shape index (κ1) is 23.1. The van der Waals surface area contributed by atoms with Crippen LogP contribution >= 0.6 is 0 Å². The summed E-state index contributed by atoms with van der Waals surface area (Å²) in [6.07, 6.45) is 1.70. The molecule has 14 heavy (non-hydrogen) atoms. The van der Waals surface area contributed by atoms with E-state index in [1.807, 2.05) is 34.6 Å². The minimum Gasteiger partial charge on any atom is -0.288 e. The van der Waals surface area contributed by atoms with Crippen LogP contribution in [0.5, 0.6) is 0 Å². The SMILES string of the molecule is C=C.C=CC(=NC)C(=C)C.CC.CC. The molecule has 0 aromatic carbocycles. The predicted molar refractivity (Wildman–Crippen MR) is 72.3 cm³/mol. The number of hydrogen-bond donors (Lipinski definition) is 0. The Bertz CT molecular complexity index is 143. The number of aliphatic imine (C=N–C) groups is 1. The molecule has 84 valence electrons. The molecule has 0 saturated carbocycles. The highest BCUT2D eigenvalue weighted by Crippen LogP contribution is 1.91. The Balaban J connectivity index is -0.0000000708. The first-order chi connectivity index (χ1) is 6.72. The molecule has 0 fully saturated rings. The molecule has 0 aliphatic rings. The Kier molecular flexibility index (Phi) is 48.9. The summed E-state index contributed by atoms with van der Waals surface area (Å²) >= 11 is 0. The molecule has 0 amide bonds. The van der Waals surface area contributed by atoms with E-state index in [1.54, 1.807) is 13.1 Å². The van der Waals surface area contributed by atoms with E-state index in [0.29, 0.717) is 0 Å². The first-order valence-corrected chi connectivity index (χ1v) is 4.97. The van der Waals surface area contributed by atoms with Crippen molar-refractivity contribution in [1.82, 2.24) is 0 Å². The van der Waals surface area contributed by atoms with Crippen molar-refractivity contribution >= 4 is 5.71 Å². The van der Waals surface area contributed by atoms with Crippen LogP contribution < -0.4 is 0 Å². The van der Waals surface area contributed by atoms with Crippen LogP contribution in [-0.2, 0) is 0 Å². The molecular formula is C13H27N. The molecule has 0 heterocycles. The van der Waals surface area contributed by atoms with Crippen molar-refractivity contribution in [2.24, 2.45) is 4.99 Å². The molecule has 0 aromatic heterocycles. The second kappa shape index (κ2) is 29.7. The van der Waals surface area contributed by atoms with Gasteiger partial charge < -0.3 is 0 Å². The molecule has 1 heteroatoms. The minimum absolute atomic E-state index is 0.880. The third-order valence-electron chi connectivity index (χ3n) is 0.872. The van der Waals surface area contributed by atoms with Gasteiger partial charge in [-0.1, -0.05) is 40.9 Å². The van der Waals surface area contributed by atoms with Gasteiger partial charge in [-0.05, 0) is 18.6 Å². The van der Waals surface area contributed by atoms with E-state index >= 15 is 0 Å². The van der Waals surface area contributed by atoms with Crippen LogP contribution in [0.1, 0.15) is 34.6 Å². The third-order valence-corrected chi connectivity index (χ3v) is 0.872. The second-order valence-corrected chi connectivity index (χ2v) is 1.59. The van der Waals surface area contributed by atoms with E-state index in [0.717, 1.165) is 11.3 Å². The molecule has 1 nitrogen and oxygen atoms in total. The van der Waals surface area contributed by atoms with Crippen LogP contribution in [-0.4, -0.2) is 12.8 Å². The van der Waals surface area contributed by atoms with Crippen LogP contribution in [0, 0.1) is 0 Å². The Labute approximate surface area is 91.0 Å². The van der Waals surface area contributed by atoms with Crippen LogP contribution in [0.25, 0.3) is 0 Å². The zero-order chi connectivity index (χ0) is 12.6.